The summed E-state index contributed by atoms with van der Waals surface area (Å²) in [6, 6.07) is 44.3. The van der Waals surface area contributed by atoms with Gasteiger partial charge in [0.05, 0.1) is 11.0 Å². The summed E-state index contributed by atoms with van der Waals surface area (Å²) in [7, 11) is 0. The van der Waals surface area contributed by atoms with Crippen molar-refractivity contribution in [3.63, 3.8) is 0 Å². The molecule has 0 fully saturated rings. The van der Waals surface area contributed by atoms with E-state index in [1.165, 1.54) is 0 Å². The lowest BCUT2D eigenvalue weighted by molar-refractivity contribution is 1.58. The molecule has 0 saturated heterocycles. The Hall–Kier alpha value is -6.24. The standard InChI is InChI=1S/C48H32/c1-3-15-34(16-4-1)40-27-14-28-41(35-17-5-2-6-18-35)47(40)48-44-24-11-9-22-42(44)46(43-23-10-12-25-45(43)48)37-31-29-36(30-32-37)39-26-13-20-33-19-7-8-21-38(33)39/h1-32H/i9D,10D,11D,12D,22D,23D,24D,25D. The third-order valence-electron chi connectivity index (χ3n) is 9.13. The SMILES string of the molecule is [2H]c1c([2H])c([2H])c2c(-c3c(-c4ccccc4)cccc3-c3ccccc3)c3c([2H])c([2H])c([2H])c([2H])c3c(-c3ccc(-c4cccc5ccccc45)cc3)c2c1[2H]. The van der Waals surface area contributed by atoms with Crippen molar-refractivity contribution in [2.45, 2.75) is 0 Å². The molecule has 9 rings (SSSR count). The van der Waals surface area contributed by atoms with E-state index in [-0.39, 0.29) is 45.7 Å². The van der Waals surface area contributed by atoms with Crippen molar-refractivity contribution in [3.05, 3.63) is 194 Å². The summed E-state index contributed by atoms with van der Waals surface area (Å²) in [4.78, 5) is 0. The van der Waals surface area contributed by atoms with E-state index < -0.39 is 24.2 Å². The minimum absolute atomic E-state index is 0.183. The van der Waals surface area contributed by atoms with Gasteiger partial charge in [-0.1, -0.05) is 194 Å². The van der Waals surface area contributed by atoms with Crippen LogP contribution in [0.25, 0.3) is 88.0 Å². The van der Waals surface area contributed by atoms with Gasteiger partial charge in [-0.05, 0) is 88.0 Å². The van der Waals surface area contributed by atoms with E-state index in [1.54, 1.807) is 0 Å². The molecular weight excluding hydrogens is 577 g/mol. The second kappa shape index (κ2) is 11.8. The molecule has 0 atom stereocenters. The van der Waals surface area contributed by atoms with Crippen molar-refractivity contribution >= 4 is 32.3 Å². The van der Waals surface area contributed by atoms with Crippen molar-refractivity contribution in [3.8, 4) is 55.6 Å². The Kier molecular flexibility index (Phi) is 5.13. The average Bonchev–Trinajstić information content (AvgIpc) is 3.25. The number of rotatable bonds is 5. The lowest BCUT2D eigenvalue weighted by Gasteiger charge is -2.22. The molecule has 0 spiro atoms. The first-order valence-electron chi connectivity index (χ1n) is 20.0. The van der Waals surface area contributed by atoms with E-state index in [1.807, 2.05) is 121 Å². The number of hydrogen-bond donors (Lipinski definition) is 0. The average molecular weight is 617 g/mol. The Morgan fingerprint density at radius 2 is 0.688 bits per heavy atom. The molecule has 0 bridgehead atoms. The summed E-state index contributed by atoms with van der Waals surface area (Å²) >= 11 is 0. The van der Waals surface area contributed by atoms with E-state index in [0.717, 1.165) is 44.2 Å². The van der Waals surface area contributed by atoms with E-state index >= 15 is 0 Å². The van der Waals surface area contributed by atoms with Gasteiger partial charge in [-0.25, -0.2) is 0 Å². The predicted octanol–water partition coefficient (Wildman–Crippen LogP) is 13.5. The van der Waals surface area contributed by atoms with E-state index in [0.29, 0.717) is 22.3 Å². The van der Waals surface area contributed by atoms with Gasteiger partial charge in [-0.3, -0.25) is 0 Å². The molecule has 0 radical (unpaired) electrons. The summed E-state index contributed by atoms with van der Waals surface area (Å²) < 4.78 is 73.8. The van der Waals surface area contributed by atoms with Crippen LogP contribution in [0.2, 0.25) is 0 Å². The van der Waals surface area contributed by atoms with Crippen molar-refractivity contribution < 1.29 is 11.0 Å². The highest BCUT2D eigenvalue weighted by atomic mass is 14.2. The van der Waals surface area contributed by atoms with Gasteiger partial charge in [-0.15, -0.1) is 0 Å². The van der Waals surface area contributed by atoms with Crippen LogP contribution in [0.5, 0.6) is 0 Å². The normalized spacial score (nSPS) is 13.7. The van der Waals surface area contributed by atoms with E-state index in [4.69, 9.17) is 5.48 Å². The summed E-state index contributed by atoms with van der Waals surface area (Å²) in [6.45, 7) is 0. The third kappa shape index (κ3) is 4.70. The Balaban J connectivity index is 1.49. The monoisotopic (exact) mass is 616 g/mol. The fourth-order valence-corrected chi connectivity index (χ4v) is 7.00. The van der Waals surface area contributed by atoms with Crippen LogP contribution in [0.3, 0.4) is 0 Å². The summed E-state index contributed by atoms with van der Waals surface area (Å²) in [5, 5.41) is 2.91. The second-order valence-electron chi connectivity index (χ2n) is 11.8. The van der Waals surface area contributed by atoms with Crippen LogP contribution in [0.15, 0.2) is 194 Å². The number of fused-ring (bicyclic) bond motifs is 3. The maximum absolute atomic E-state index is 9.56. The topological polar surface area (TPSA) is 0 Å². The minimum Gasteiger partial charge on any atom is -0.0622 e. The highest BCUT2D eigenvalue weighted by molar-refractivity contribution is 6.23. The molecule has 0 heterocycles. The Labute approximate surface area is 292 Å². The Morgan fingerprint density at radius 3 is 1.27 bits per heavy atom. The first kappa shape index (κ1) is 20.8. The largest absolute Gasteiger partial charge is 0.0629 e. The molecule has 9 aromatic carbocycles. The summed E-state index contributed by atoms with van der Waals surface area (Å²) in [5.74, 6) is 0. The first-order chi connectivity index (χ1) is 27.2. The highest BCUT2D eigenvalue weighted by Gasteiger charge is 2.22. The quantitative estimate of drug-likeness (QED) is 0.169. The van der Waals surface area contributed by atoms with E-state index in [2.05, 4.69) is 24.3 Å². The van der Waals surface area contributed by atoms with Crippen LogP contribution in [-0.4, -0.2) is 0 Å². The molecule has 0 heteroatoms. The zero-order valence-electron chi connectivity index (χ0n) is 33.9. The molecule has 224 valence electrons. The molecule has 0 aromatic heterocycles. The zero-order chi connectivity index (χ0) is 38.8. The molecule has 0 aliphatic rings. The molecule has 0 saturated carbocycles. The summed E-state index contributed by atoms with van der Waals surface area (Å²) in [5.41, 5.74) is 6.95. The predicted molar refractivity (Wildman–Crippen MR) is 206 cm³/mol. The molecule has 9 aromatic rings. The van der Waals surface area contributed by atoms with Crippen LogP contribution in [0.1, 0.15) is 11.0 Å². The van der Waals surface area contributed by atoms with Crippen molar-refractivity contribution in [1.82, 2.24) is 0 Å². The molecule has 0 aliphatic heterocycles. The van der Waals surface area contributed by atoms with Gasteiger partial charge in [0.1, 0.15) is 0 Å². The van der Waals surface area contributed by atoms with E-state index in [9.17, 15) is 5.48 Å². The molecule has 0 N–H and O–H groups in total. The summed E-state index contributed by atoms with van der Waals surface area (Å²) in [6.07, 6.45) is 0. The van der Waals surface area contributed by atoms with Crippen LogP contribution in [-0.2, 0) is 0 Å². The molecule has 48 heavy (non-hydrogen) atoms. The van der Waals surface area contributed by atoms with Crippen molar-refractivity contribution in [2.24, 2.45) is 0 Å². The van der Waals surface area contributed by atoms with Crippen LogP contribution >= 0.6 is 0 Å². The van der Waals surface area contributed by atoms with Crippen molar-refractivity contribution in [1.29, 1.82) is 0 Å². The molecule has 0 aliphatic carbocycles. The number of benzene rings is 9. The molecular formula is C48H32. The minimum atomic E-state index is -0.431. The maximum atomic E-state index is 9.56. The van der Waals surface area contributed by atoms with Crippen LogP contribution in [0, 0.1) is 0 Å². The van der Waals surface area contributed by atoms with Crippen LogP contribution in [0.4, 0.5) is 0 Å². The second-order valence-corrected chi connectivity index (χ2v) is 11.8. The van der Waals surface area contributed by atoms with Crippen molar-refractivity contribution in [2.75, 3.05) is 0 Å². The van der Waals surface area contributed by atoms with Gasteiger partial charge in [0.25, 0.3) is 0 Å². The van der Waals surface area contributed by atoms with Crippen LogP contribution < -0.4 is 0 Å². The first-order valence-corrected chi connectivity index (χ1v) is 16.0. The highest BCUT2D eigenvalue weighted by Crippen LogP contribution is 2.49. The van der Waals surface area contributed by atoms with Gasteiger partial charge in [-0.2, -0.15) is 0 Å². The lowest BCUT2D eigenvalue weighted by atomic mass is 9.81. The van der Waals surface area contributed by atoms with Gasteiger partial charge in [0.2, 0.25) is 0 Å². The Bertz CT molecular complexity index is 2890. The van der Waals surface area contributed by atoms with Gasteiger partial charge in [0, 0.05) is 0 Å². The molecule has 0 nitrogen and oxygen atoms in total. The lowest BCUT2D eigenvalue weighted by Crippen LogP contribution is -1.95. The third-order valence-corrected chi connectivity index (χ3v) is 9.13. The fourth-order valence-electron chi connectivity index (χ4n) is 7.00. The maximum Gasteiger partial charge on any atom is 0.0629 e. The Morgan fingerprint density at radius 1 is 0.271 bits per heavy atom. The van der Waals surface area contributed by atoms with Gasteiger partial charge >= 0.3 is 0 Å². The van der Waals surface area contributed by atoms with Gasteiger partial charge in [0.15, 0.2) is 0 Å². The van der Waals surface area contributed by atoms with Gasteiger partial charge < -0.3 is 0 Å². The number of hydrogen-bond acceptors (Lipinski definition) is 0. The smallest absolute Gasteiger partial charge is 0.0622 e. The molecule has 0 unspecified atom stereocenters. The molecule has 0 amide bonds. The fraction of sp³-hybridized carbons (Fsp3) is 0. The zero-order valence-corrected chi connectivity index (χ0v) is 25.9.